The quantitative estimate of drug-likeness (QED) is 0.359. The minimum absolute atomic E-state index is 0.0142. The summed E-state index contributed by atoms with van der Waals surface area (Å²) in [5.74, 6) is 0.540. The fourth-order valence-corrected chi connectivity index (χ4v) is 6.04. The van der Waals surface area contributed by atoms with Gasteiger partial charge in [-0.1, -0.05) is 18.2 Å². The molecule has 2 amide bonds. The van der Waals surface area contributed by atoms with Crippen LogP contribution in [0.2, 0.25) is 0 Å². The van der Waals surface area contributed by atoms with Crippen molar-refractivity contribution in [2.24, 2.45) is 0 Å². The van der Waals surface area contributed by atoms with Crippen molar-refractivity contribution in [2.75, 3.05) is 24.1 Å². The molecule has 0 bridgehead atoms. The van der Waals surface area contributed by atoms with Crippen molar-refractivity contribution in [3.05, 3.63) is 66.4 Å². The van der Waals surface area contributed by atoms with Crippen LogP contribution >= 0.6 is 0 Å². The number of urea groups is 1. The van der Waals surface area contributed by atoms with Gasteiger partial charge in [0.05, 0.1) is 16.6 Å². The van der Waals surface area contributed by atoms with Gasteiger partial charge in [0.15, 0.2) is 15.7 Å². The molecule has 1 aromatic heterocycles. The van der Waals surface area contributed by atoms with E-state index < -0.39 is 14.6 Å². The summed E-state index contributed by atoms with van der Waals surface area (Å²) < 4.78 is 25.7. The zero-order valence-corrected chi connectivity index (χ0v) is 19.1. The Hall–Kier alpha value is -3.54. The number of hydrogen-bond acceptors (Lipinski definition) is 8. The van der Waals surface area contributed by atoms with Gasteiger partial charge in [-0.2, -0.15) is 0 Å². The molecule has 2 aromatic carbocycles. The van der Waals surface area contributed by atoms with Crippen molar-refractivity contribution in [1.82, 2.24) is 26.1 Å². The molecule has 0 spiro atoms. The lowest BCUT2D eigenvalue weighted by atomic mass is 10.1. The summed E-state index contributed by atoms with van der Waals surface area (Å²) in [6, 6.07) is 16.7. The Balaban J connectivity index is 1.37. The van der Waals surface area contributed by atoms with Gasteiger partial charge in [-0.15, -0.1) is 0 Å². The number of nitrogens with one attached hydrogen (secondary N) is 4. The lowest BCUT2D eigenvalue weighted by molar-refractivity contribution is 0.249. The van der Waals surface area contributed by atoms with Crippen LogP contribution in [0.25, 0.3) is 11.4 Å². The number of carbonyl (C=O) groups is 1. The van der Waals surface area contributed by atoms with E-state index in [0.717, 1.165) is 0 Å². The van der Waals surface area contributed by atoms with Crippen LogP contribution in [0.15, 0.2) is 65.6 Å². The molecule has 0 atom stereocenters. The molecule has 2 fully saturated rings. The van der Waals surface area contributed by atoms with Crippen LogP contribution in [-0.4, -0.2) is 43.5 Å². The Labute approximate surface area is 197 Å². The van der Waals surface area contributed by atoms with Crippen molar-refractivity contribution in [2.45, 2.75) is 28.5 Å². The molecule has 1 aliphatic heterocycles. The SMILES string of the molecule is Nc1cc(C2(S(=O)(=O)c3ccccc3)CC2)nc(-c2ccc(NC(=O)NC3CNNC3)cc2)n1. The molecule has 1 aliphatic carbocycles. The third-order valence-electron chi connectivity index (χ3n) is 6.04. The lowest BCUT2D eigenvalue weighted by Gasteiger charge is -2.17. The third-order valence-corrected chi connectivity index (χ3v) is 8.58. The Morgan fingerprint density at radius 3 is 2.32 bits per heavy atom. The molecule has 1 saturated heterocycles. The van der Waals surface area contributed by atoms with E-state index in [0.29, 0.717) is 48.7 Å². The first-order chi connectivity index (χ1) is 16.4. The monoisotopic (exact) mass is 479 g/mol. The Bertz CT molecular complexity index is 1300. The van der Waals surface area contributed by atoms with Gasteiger partial charge in [-0.3, -0.25) is 10.9 Å². The summed E-state index contributed by atoms with van der Waals surface area (Å²) in [6.45, 7) is 1.31. The highest BCUT2D eigenvalue weighted by molar-refractivity contribution is 7.92. The first-order valence-corrected chi connectivity index (χ1v) is 12.4. The topological polar surface area (TPSA) is 151 Å². The van der Waals surface area contributed by atoms with Crippen LogP contribution in [0.1, 0.15) is 18.5 Å². The molecule has 0 radical (unpaired) electrons. The van der Waals surface area contributed by atoms with Crippen LogP contribution in [0.3, 0.4) is 0 Å². The molecule has 2 heterocycles. The molecule has 11 heteroatoms. The van der Waals surface area contributed by atoms with Crippen molar-refractivity contribution in [3.63, 3.8) is 0 Å². The summed E-state index contributed by atoms with van der Waals surface area (Å²) >= 11 is 0. The number of carbonyl (C=O) groups excluding carboxylic acids is 1. The minimum atomic E-state index is -3.64. The number of rotatable bonds is 6. The second-order valence-corrected chi connectivity index (χ2v) is 10.7. The summed E-state index contributed by atoms with van der Waals surface area (Å²) in [5, 5.41) is 5.66. The smallest absolute Gasteiger partial charge is 0.319 e. The van der Waals surface area contributed by atoms with Gasteiger partial charge in [-0.25, -0.2) is 23.2 Å². The van der Waals surface area contributed by atoms with Gasteiger partial charge in [0.1, 0.15) is 10.6 Å². The van der Waals surface area contributed by atoms with Gasteiger partial charge in [0.25, 0.3) is 0 Å². The number of nitrogens with two attached hydrogens (primary N) is 1. The molecule has 10 nitrogen and oxygen atoms in total. The standard InChI is InChI=1S/C23H25N7O3S/c24-20-12-19(23(10-11-23)34(32,33)18-4-2-1-3-5-18)29-21(30-20)15-6-8-16(9-7-15)27-22(31)28-17-13-25-26-14-17/h1-9,12,17,25-26H,10-11,13-14H2,(H2,24,29,30)(H2,27,28,31). The summed E-state index contributed by atoms with van der Waals surface area (Å²) in [4.78, 5) is 21.4. The van der Waals surface area contributed by atoms with E-state index >= 15 is 0 Å². The van der Waals surface area contributed by atoms with Crippen molar-refractivity contribution in [1.29, 1.82) is 0 Å². The van der Waals surface area contributed by atoms with E-state index in [2.05, 4.69) is 31.5 Å². The van der Waals surface area contributed by atoms with E-state index in [1.165, 1.54) is 0 Å². The Morgan fingerprint density at radius 2 is 1.68 bits per heavy atom. The van der Waals surface area contributed by atoms with E-state index in [-0.39, 0.29) is 22.8 Å². The normalized spacial score (nSPS) is 17.3. The van der Waals surface area contributed by atoms with Crippen LogP contribution in [0.4, 0.5) is 16.3 Å². The van der Waals surface area contributed by atoms with Crippen LogP contribution < -0.4 is 27.2 Å². The maximum absolute atomic E-state index is 13.4. The van der Waals surface area contributed by atoms with Gasteiger partial charge >= 0.3 is 6.03 Å². The number of amides is 2. The first-order valence-electron chi connectivity index (χ1n) is 11.0. The zero-order valence-electron chi connectivity index (χ0n) is 18.3. The maximum Gasteiger partial charge on any atom is 0.319 e. The molecule has 3 aromatic rings. The number of hydrogen-bond donors (Lipinski definition) is 5. The van der Waals surface area contributed by atoms with Gasteiger partial charge in [-0.05, 0) is 49.2 Å². The fourth-order valence-electron chi connectivity index (χ4n) is 4.05. The maximum atomic E-state index is 13.4. The molecule has 34 heavy (non-hydrogen) atoms. The minimum Gasteiger partial charge on any atom is -0.384 e. The predicted molar refractivity (Wildman–Crippen MR) is 128 cm³/mol. The van der Waals surface area contributed by atoms with Crippen molar-refractivity contribution in [3.8, 4) is 11.4 Å². The van der Waals surface area contributed by atoms with E-state index in [9.17, 15) is 13.2 Å². The molecule has 5 rings (SSSR count). The average Bonchev–Trinajstić information content (AvgIpc) is 3.51. The highest BCUT2D eigenvalue weighted by atomic mass is 32.2. The zero-order chi connectivity index (χ0) is 23.8. The molecule has 2 aliphatic rings. The molecular formula is C23H25N7O3S. The number of sulfone groups is 1. The van der Waals surface area contributed by atoms with E-state index in [1.807, 2.05) is 0 Å². The van der Waals surface area contributed by atoms with E-state index in [4.69, 9.17) is 5.73 Å². The largest absolute Gasteiger partial charge is 0.384 e. The molecule has 0 unspecified atom stereocenters. The third kappa shape index (κ3) is 4.20. The number of aromatic nitrogens is 2. The number of benzene rings is 2. The predicted octanol–water partition coefficient (Wildman–Crippen LogP) is 1.79. The lowest BCUT2D eigenvalue weighted by Crippen LogP contribution is -2.40. The molecule has 6 N–H and O–H groups in total. The van der Waals surface area contributed by atoms with Crippen LogP contribution in [-0.2, 0) is 14.6 Å². The van der Waals surface area contributed by atoms with Crippen molar-refractivity contribution < 1.29 is 13.2 Å². The number of nitrogens with zero attached hydrogens (tertiary/aromatic N) is 2. The second kappa shape index (κ2) is 8.67. The molecule has 1 saturated carbocycles. The molecule has 176 valence electrons. The first kappa shape index (κ1) is 22.3. The fraction of sp³-hybridized carbons (Fsp3) is 0.261. The molecular weight excluding hydrogens is 454 g/mol. The van der Waals surface area contributed by atoms with Gasteiger partial charge in [0.2, 0.25) is 0 Å². The second-order valence-electron chi connectivity index (χ2n) is 8.45. The van der Waals surface area contributed by atoms with Gasteiger partial charge < -0.3 is 16.4 Å². The van der Waals surface area contributed by atoms with Gasteiger partial charge in [0, 0.05) is 30.4 Å². The number of anilines is 2. The Morgan fingerprint density at radius 1 is 1.00 bits per heavy atom. The Kier molecular flexibility index (Phi) is 5.68. The van der Waals surface area contributed by atoms with E-state index in [1.54, 1.807) is 60.7 Å². The number of hydrazine groups is 1. The summed E-state index contributed by atoms with van der Waals surface area (Å²) in [5.41, 5.74) is 13.6. The summed E-state index contributed by atoms with van der Waals surface area (Å²) in [6.07, 6.45) is 0.953. The van der Waals surface area contributed by atoms with Crippen LogP contribution in [0, 0.1) is 0 Å². The summed E-state index contributed by atoms with van der Waals surface area (Å²) in [7, 11) is -3.64. The number of nitrogen functional groups attached to an aromatic ring is 1. The highest BCUT2D eigenvalue weighted by Gasteiger charge is 2.57. The average molecular weight is 480 g/mol. The highest BCUT2D eigenvalue weighted by Crippen LogP contribution is 2.54. The van der Waals surface area contributed by atoms with Crippen molar-refractivity contribution >= 4 is 27.4 Å². The van der Waals surface area contributed by atoms with Crippen LogP contribution in [0.5, 0.6) is 0 Å².